The minimum Gasteiger partial charge on any atom is -0.381 e. The molecule has 0 bridgehead atoms. The van der Waals surface area contributed by atoms with Gasteiger partial charge in [0, 0.05) is 7.11 Å². The Kier molecular flexibility index (Phi) is 4.94. The fourth-order valence-electron chi connectivity index (χ4n) is 2.53. The van der Waals surface area contributed by atoms with E-state index in [1.807, 2.05) is 42.5 Å². The highest BCUT2D eigenvalue weighted by Crippen LogP contribution is 2.30. The average Bonchev–Trinajstić information content (AvgIpc) is 2.49. The number of aliphatic hydroxyl groups is 1. The van der Waals surface area contributed by atoms with Crippen LogP contribution in [0.15, 0.2) is 54.6 Å². The Hall–Kier alpha value is -1.64. The number of hydrogen-bond donors (Lipinski definition) is 1. The zero-order valence-corrected chi connectivity index (χ0v) is 12.2. The first-order valence-corrected chi connectivity index (χ1v) is 7.07. The lowest BCUT2D eigenvalue weighted by molar-refractivity contribution is -0.00332. The maximum Gasteiger partial charge on any atom is 0.138 e. The molecular formula is C18H22O2. The van der Waals surface area contributed by atoms with Gasteiger partial charge in [0.2, 0.25) is 0 Å². The Morgan fingerprint density at radius 1 is 1.00 bits per heavy atom. The van der Waals surface area contributed by atoms with Gasteiger partial charge in [-0.2, -0.15) is 0 Å². The second kappa shape index (κ2) is 6.69. The van der Waals surface area contributed by atoms with Gasteiger partial charge in [-0.25, -0.2) is 0 Å². The SMILES string of the molecule is CCCc1cccc(C(O)(COC)c2ccccc2)c1. The molecule has 0 heterocycles. The van der Waals surface area contributed by atoms with Crippen molar-refractivity contribution in [1.29, 1.82) is 0 Å². The van der Waals surface area contributed by atoms with E-state index in [4.69, 9.17) is 4.74 Å². The number of methoxy groups -OCH3 is 1. The van der Waals surface area contributed by atoms with Crippen LogP contribution in [0.3, 0.4) is 0 Å². The fraction of sp³-hybridized carbons (Fsp3) is 0.333. The molecule has 0 amide bonds. The second-order valence-corrected chi connectivity index (χ2v) is 5.11. The molecule has 2 nitrogen and oxygen atoms in total. The molecule has 0 aromatic heterocycles. The molecule has 0 aliphatic heterocycles. The van der Waals surface area contributed by atoms with Crippen LogP contribution in [0.2, 0.25) is 0 Å². The van der Waals surface area contributed by atoms with Gasteiger partial charge in [0.15, 0.2) is 0 Å². The zero-order valence-electron chi connectivity index (χ0n) is 12.2. The highest BCUT2D eigenvalue weighted by Gasteiger charge is 2.31. The summed E-state index contributed by atoms with van der Waals surface area (Å²) in [6, 6.07) is 17.8. The Morgan fingerprint density at radius 3 is 2.35 bits per heavy atom. The number of ether oxygens (including phenoxy) is 1. The summed E-state index contributed by atoms with van der Waals surface area (Å²) >= 11 is 0. The van der Waals surface area contributed by atoms with Crippen molar-refractivity contribution in [1.82, 2.24) is 0 Å². The molecule has 1 unspecified atom stereocenters. The molecule has 0 saturated heterocycles. The first-order valence-electron chi connectivity index (χ1n) is 7.07. The van der Waals surface area contributed by atoms with E-state index < -0.39 is 5.60 Å². The third-order valence-corrected chi connectivity index (χ3v) is 3.55. The van der Waals surface area contributed by atoms with Crippen molar-refractivity contribution in [2.75, 3.05) is 13.7 Å². The molecule has 2 aromatic carbocycles. The molecule has 0 saturated carbocycles. The number of rotatable bonds is 6. The van der Waals surface area contributed by atoms with Crippen LogP contribution in [0.4, 0.5) is 0 Å². The number of aryl methyl sites for hydroxylation is 1. The van der Waals surface area contributed by atoms with Crippen molar-refractivity contribution in [3.05, 3.63) is 71.3 Å². The maximum absolute atomic E-state index is 11.1. The topological polar surface area (TPSA) is 29.5 Å². The Balaban J connectivity index is 2.45. The fourth-order valence-corrected chi connectivity index (χ4v) is 2.53. The van der Waals surface area contributed by atoms with E-state index in [0.717, 1.165) is 24.0 Å². The smallest absolute Gasteiger partial charge is 0.138 e. The molecule has 106 valence electrons. The van der Waals surface area contributed by atoms with Gasteiger partial charge in [0.05, 0.1) is 6.61 Å². The van der Waals surface area contributed by atoms with Crippen LogP contribution in [-0.2, 0) is 16.8 Å². The van der Waals surface area contributed by atoms with Gasteiger partial charge in [-0.05, 0) is 23.1 Å². The lowest BCUT2D eigenvalue weighted by Crippen LogP contribution is -2.32. The molecular weight excluding hydrogens is 248 g/mol. The van der Waals surface area contributed by atoms with E-state index >= 15 is 0 Å². The Morgan fingerprint density at radius 2 is 1.70 bits per heavy atom. The lowest BCUT2D eigenvalue weighted by atomic mass is 9.86. The molecule has 0 aliphatic rings. The summed E-state index contributed by atoms with van der Waals surface area (Å²) in [6.07, 6.45) is 2.11. The molecule has 2 heteroatoms. The zero-order chi connectivity index (χ0) is 14.4. The van der Waals surface area contributed by atoms with E-state index in [2.05, 4.69) is 19.1 Å². The minimum absolute atomic E-state index is 0.243. The van der Waals surface area contributed by atoms with E-state index in [0.29, 0.717) is 0 Å². The van der Waals surface area contributed by atoms with Gasteiger partial charge in [-0.3, -0.25) is 0 Å². The van der Waals surface area contributed by atoms with Crippen LogP contribution < -0.4 is 0 Å². The average molecular weight is 270 g/mol. The van der Waals surface area contributed by atoms with Gasteiger partial charge in [0.25, 0.3) is 0 Å². The lowest BCUT2D eigenvalue weighted by Gasteiger charge is -2.29. The molecule has 2 aromatic rings. The Labute approximate surface area is 121 Å². The van der Waals surface area contributed by atoms with Crippen LogP contribution >= 0.6 is 0 Å². The van der Waals surface area contributed by atoms with Crippen molar-refractivity contribution >= 4 is 0 Å². The summed E-state index contributed by atoms with van der Waals surface area (Å²) in [5.74, 6) is 0. The predicted octanol–water partition coefficient (Wildman–Crippen LogP) is 3.52. The monoisotopic (exact) mass is 270 g/mol. The molecule has 1 atom stereocenters. The van der Waals surface area contributed by atoms with Crippen molar-refractivity contribution < 1.29 is 9.84 Å². The van der Waals surface area contributed by atoms with Crippen LogP contribution in [0.5, 0.6) is 0 Å². The van der Waals surface area contributed by atoms with Gasteiger partial charge >= 0.3 is 0 Å². The Bertz CT molecular complexity index is 536. The minimum atomic E-state index is -1.10. The van der Waals surface area contributed by atoms with Gasteiger partial charge < -0.3 is 9.84 Å². The van der Waals surface area contributed by atoms with Gasteiger partial charge in [-0.1, -0.05) is 67.9 Å². The molecule has 0 spiro atoms. The quantitative estimate of drug-likeness (QED) is 0.870. The van der Waals surface area contributed by atoms with Crippen molar-refractivity contribution in [3.8, 4) is 0 Å². The number of hydrogen-bond acceptors (Lipinski definition) is 2. The summed E-state index contributed by atoms with van der Waals surface area (Å²) in [5, 5.41) is 11.1. The summed E-state index contributed by atoms with van der Waals surface area (Å²) in [5.41, 5.74) is 1.89. The standard InChI is InChI=1S/C18H22O2/c1-3-8-15-9-7-12-17(13-15)18(19,14-20-2)16-10-5-4-6-11-16/h4-7,9-13,19H,3,8,14H2,1-2H3. The van der Waals surface area contributed by atoms with Crippen molar-refractivity contribution in [3.63, 3.8) is 0 Å². The first-order chi connectivity index (χ1) is 9.70. The second-order valence-electron chi connectivity index (χ2n) is 5.11. The molecule has 0 fully saturated rings. The summed E-state index contributed by atoms with van der Waals surface area (Å²) in [7, 11) is 1.61. The van der Waals surface area contributed by atoms with Crippen LogP contribution in [0.25, 0.3) is 0 Å². The molecule has 20 heavy (non-hydrogen) atoms. The van der Waals surface area contributed by atoms with E-state index in [9.17, 15) is 5.11 Å². The van der Waals surface area contributed by atoms with E-state index in [-0.39, 0.29) is 6.61 Å². The van der Waals surface area contributed by atoms with Crippen LogP contribution in [0.1, 0.15) is 30.0 Å². The molecule has 0 aliphatic carbocycles. The largest absolute Gasteiger partial charge is 0.381 e. The third kappa shape index (κ3) is 3.09. The van der Waals surface area contributed by atoms with Crippen molar-refractivity contribution in [2.45, 2.75) is 25.4 Å². The van der Waals surface area contributed by atoms with Crippen LogP contribution in [0, 0.1) is 0 Å². The first kappa shape index (κ1) is 14.8. The predicted molar refractivity (Wildman–Crippen MR) is 81.8 cm³/mol. The van der Waals surface area contributed by atoms with Gasteiger partial charge in [0.1, 0.15) is 5.60 Å². The summed E-state index contributed by atoms with van der Waals surface area (Å²) in [4.78, 5) is 0. The maximum atomic E-state index is 11.1. The molecule has 2 rings (SSSR count). The van der Waals surface area contributed by atoms with Gasteiger partial charge in [-0.15, -0.1) is 0 Å². The highest BCUT2D eigenvalue weighted by atomic mass is 16.5. The van der Waals surface area contributed by atoms with Crippen LogP contribution in [-0.4, -0.2) is 18.8 Å². The normalized spacial score (nSPS) is 13.9. The summed E-state index contributed by atoms with van der Waals surface area (Å²) in [6.45, 7) is 2.40. The highest BCUT2D eigenvalue weighted by molar-refractivity contribution is 5.38. The third-order valence-electron chi connectivity index (χ3n) is 3.55. The summed E-state index contributed by atoms with van der Waals surface area (Å²) < 4.78 is 5.27. The van der Waals surface area contributed by atoms with E-state index in [1.165, 1.54) is 5.56 Å². The number of benzene rings is 2. The van der Waals surface area contributed by atoms with E-state index in [1.54, 1.807) is 7.11 Å². The van der Waals surface area contributed by atoms with Crippen molar-refractivity contribution in [2.24, 2.45) is 0 Å². The molecule has 1 N–H and O–H groups in total. The molecule has 0 radical (unpaired) electrons.